The van der Waals surface area contributed by atoms with E-state index >= 15 is 0 Å². The summed E-state index contributed by atoms with van der Waals surface area (Å²) in [6, 6.07) is 5.99. The number of aromatic nitrogens is 2. The van der Waals surface area contributed by atoms with Gasteiger partial charge in [0.2, 0.25) is 0 Å². The maximum atomic E-state index is 12.8. The second-order valence-corrected chi connectivity index (χ2v) is 7.00. The Morgan fingerprint density at radius 3 is 2.88 bits per heavy atom. The summed E-state index contributed by atoms with van der Waals surface area (Å²) in [4.78, 5) is 17.2. The summed E-state index contributed by atoms with van der Waals surface area (Å²) in [5.41, 5.74) is 2.42. The number of carbonyl (C=O) groups is 1. The number of morpholine rings is 1. The van der Waals surface area contributed by atoms with Gasteiger partial charge in [0.15, 0.2) is 0 Å². The molecule has 0 aliphatic carbocycles. The van der Waals surface area contributed by atoms with Gasteiger partial charge in [-0.3, -0.25) is 4.90 Å². The second kappa shape index (κ2) is 8.01. The second-order valence-electron chi connectivity index (χ2n) is 7.00. The smallest absolute Gasteiger partial charge is 0.317 e. The first-order valence-electron chi connectivity index (χ1n) is 9.35. The Bertz CT molecular complexity index is 743. The van der Waals surface area contributed by atoms with Crippen molar-refractivity contribution in [1.82, 2.24) is 25.4 Å². The molecule has 0 radical (unpaired) electrons. The van der Waals surface area contributed by atoms with E-state index < -0.39 is 0 Å². The molecule has 2 amide bonds. The first kappa shape index (κ1) is 17.2. The Kier molecular flexibility index (Phi) is 5.31. The molecule has 8 nitrogen and oxygen atoms in total. The van der Waals surface area contributed by atoms with Crippen LogP contribution < -0.4 is 5.32 Å². The summed E-state index contributed by atoms with van der Waals surface area (Å²) in [7, 11) is 0. The molecule has 1 N–H and O–H groups in total. The number of carbonyl (C=O) groups excluding carboxylic acids is 1. The van der Waals surface area contributed by atoms with Gasteiger partial charge in [-0.1, -0.05) is 6.07 Å². The van der Waals surface area contributed by atoms with Crippen LogP contribution in [0.25, 0.3) is 11.0 Å². The zero-order valence-electron chi connectivity index (χ0n) is 14.9. The lowest BCUT2D eigenvalue weighted by Crippen LogP contribution is -2.53. The zero-order valence-corrected chi connectivity index (χ0v) is 14.9. The Morgan fingerprint density at radius 2 is 2.00 bits per heavy atom. The zero-order chi connectivity index (χ0) is 17.8. The number of nitrogens with one attached hydrogen (secondary N) is 1. The minimum Gasteiger partial charge on any atom is -0.379 e. The number of likely N-dealkylation sites (tertiary alicyclic amines) is 1. The third-order valence-electron chi connectivity index (χ3n) is 5.22. The number of nitrogens with zero attached hydrogens (tertiary/aromatic N) is 4. The molecule has 2 aliphatic rings. The van der Waals surface area contributed by atoms with Crippen LogP contribution >= 0.6 is 0 Å². The summed E-state index contributed by atoms with van der Waals surface area (Å²) < 4.78 is 10.1. The maximum Gasteiger partial charge on any atom is 0.317 e. The Labute approximate surface area is 152 Å². The van der Waals surface area contributed by atoms with Crippen LogP contribution in [0.3, 0.4) is 0 Å². The lowest BCUT2D eigenvalue weighted by atomic mass is 10.0. The topological polar surface area (TPSA) is 83.7 Å². The van der Waals surface area contributed by atoms with Crippen LogP contribution in [0.1, 0.15) is 24.8 Å². The lowest BCUT2D eigenvalue weighted by molar-refractivity contribution is 0.0221. The molecule has 2 saturated heterocycles. The molecule has 1 atom stereocenters. The average Bonchev–Trinajstić information content (AvgIpc) is 3.15. The maximum absolute atomic E-state index is 12.8. The molecular formula is C18H25N5O3. The van der Waals surface area contributed by atoms with Gasteiger partial charge in [0.05, 0.1) is 13.2 Å². The number of benzene rings is 1. The fourth-order valence-electron chi connectivity index (χ4n) is 3.76. The third kappa shape index (κ3) is 3.96. The summed E-state index contributed by atoms with van der Waals surface area (Å²) in [6.07, 6.45) is 3.33. The van der Waals surface area contributed by atoms with Gasteiger partial charge >= 0.3 is 6.03 Å². The quantitative estimate of drug-likeness (QED) is 0.893. The van der Waals surface area contributed by atoms with E-state index in [0.29, 0.717) is 12.1 Å². The van der Waals surface area contributed by atoms with Crippen molar-refractivity contribution in [2.75, 3.05) is 39.4 Å². The summed E-state index contributed by atoms with van der Waals surface area (Å²) in [5, 5.41) is 10.7. The van der Waals surface area contributed by atoms with Crippen LogP contribution in [-0.2, 0) is 11.3 Å². The molecule has 26 heavy (non-hydrogen) atoms. The van der Waals surface area contributed by atoms with Crippen molar-refractivity contribution >= 4 is 17.1 Å². The number of fused-ring (bicyclic) bond motifs is 1. The molecule has 1 aromatic heterocycles. The van der Waals surface area contributed by atoms with Crippen molar-refractivity contribution in [3.63, 3.8) is 0 Å². The van der Waals surface area contributed by atoms with Crippen LogP contribution in [0, 0.1) is 0 Å². The van der Waals surface area contributed by atoms with E-state index in [1.54, 1.807) is 0 Å². The summed E-state index contributed by atoms with van der Waals surface area (Å²) >= 11 is 0. The molecule has 0 unspecified atom stereocenters. The van der Waals surface area contributed by atoms with E-state index in [2.05, 4.69) is 20.5 Å². The number of ether oxygens (including phenoxy) is 1. The van der Waals surface area contributed by atoms with Crippen LogP contribution in [0.5, 0.6) is 0 Å². The Balaban J connectivity index is 1.35. The van der Waals surface area contributed by atoms with Gasteiger partial charge in [0.1, 0.15) is 11.0 Å². The standard InChI is InChI=1S/C18H25N5O3/c24-18(19-12-14-4-5-16-17(11-14)21-26-20-16)23-6-2-1-3-15(23)13-22-7-9-25-10-8-22/h4-5,11,15H,1-3,6-10,12-13H2,(H,19,24)/t15-/m0/s1. The molecule has 2 fully saturated rings. The first-order valence-corrected chi connectivity index (χ1v) is 9.35. The van der Waals surface area contributed by atoms with Gasteiger partial charge < -0.3 is 15.0 Å². The van der Waals surface area contributed by atoms with E-state index in [9.17, 15) is 4.79 Å². The van der Waals surface area contributed by atoms with E-state index in [0.717, 1.165) is 63.3 Å². The molecular weight excluding hydrogens is 334 g/mol. The predicted octanol–water partition coefficient (Wildman–Crippen LogP) is 1.62. The van der Waals surface area contributed by atoms with E-state index in [1.165, 1.54) is 6.42 Å². The number of amides is 2. The van der Waals surface area contributed by atoms with Gasteiger partial charge in [-0.25, -0.2) is 9.42 Å². The van der Waals surface area contributed by atoms with Crippen molar-refractivity contribution in [3.8, 4) is 0 Å². The van der Waals surface area contributed by atoms with Crippen molar-refractivity contribution < 1.29 is 14.2 Å². The van der Waals surface area contributed by atoms with Crippen molar-refractivity contribution in [3.05, 3.63) is 23.8 Å². The van der Waals surface area contributed by atoms with E-state index in [-0.39, 0.29) is 12.1 Å². The van der Waals surface area contributed by atoms with Crippen molar-refractivity contribution in [2.24, 2.45) is 0 Å². The lowest BCUT2D eigenvalue weighted by Gasteiger charge is -2.39. The van der Waals surface area contributed by atoms with Gasteiger partial charge in [-0.15, -0.1) is 0 Å². The average molecular weight is 359 g/mol. The summed E-state index contributed by atoms with van der Waals surface area (Å²) in [5.74, 6) is 0. The Morgan fingerprint density at radius 1 is 1.15 bits per heavy atom. The monoisotopic (exact) mass is 359 g/mol. The fourth-order valence-corrected chi connectivity index (χ4v) is 3.76. The first-order chi connectivity index (χ1) is 12.8. The Hall–Kier alpha value is -2.19. The van der Waals surface area contributed by atoms with Crippen molar-refractivity contribution in [2.45, 2.75) is 31.8 Å². The van der Waals surface area contributed by atoms with Gasteiger partial charge in [-0.2, -0.15) is 0 Å². The molecule has 0 bridgehead atoms. The highest BCUT2D eigenvalue weighted by atomic mass is 16.6. The van der Waals surface area contributed by atoms with Gasteiger partial charge in [0, 0.05) is 38.8 Å². The molecule has 0 saturated carbocycles. The third-order valence-corrected chi connectivity index (χ3v) is 5.22. The number of hydrogen-bond donors (Lipinski definition) is 1. The molecule has 2 aliphatic heterocycles. The van der Waals surface area contributed by atoms with E-state index in [1.807, 2.05) is 23.1 Å². The molecule has 0 spiro atoms. The molecule has 1 aromatic carbocycles. The number of piperidine rings is 1. The van der Waals surface area contributed by atoms with Crippen LogP contribution in [0.2, 0.25) is 0 Å². The van der Waals surface area contributed by atoms with Crippen molar-refractivity contribution in [1.29, 1.82) is 0 Å². The molecule has 140 valence electrons. The molecule has 2 aromatic rings. The fraction of sp³-hybridized carbons (Fsp3) is 0.611. The molecule has 4 rings (SSSR count). The number of urea groups is 1. The SMILES string of the molecule is O=C(NCc1ccc2nonc2c1)N1CCCC[C@H]1CN1CCOCC1. The van der Waals surface area contributed by atoms with Gasteiger partial charge in [-0.05, 0) is 47.3 Å². The highest BCUT2D eigenvalue weighted by Crippen LogP contribution is 2.19. The normalized spacial score (nSPS) is 21.8. The minimum absolute atomic E-state index is 0.0151. The highest BCUT2D eigenvalue weighted by molar-refractivity contribution is 5.76. The van der Waals surface area contributed by atoms with Crippen LogP contribution in [0.4, 0.5) is 4.79 Å². The molecule has 3 heterocycles. The van der Waals surface area contributed by atoms with Crippen LogP contribution in [-0.4, -0.2) is 71.6 Å². The van der Waals surface area contributed by atoms with Gasteiger partial charge in [0.25, 0.3) is 0 Å². The van der Waals surface area contributed by atoms with E-state index in [4.69, 9.17) is 9.37 Å². The largest absolute Gasteiger partial charge is 0.379 e. The number of hydrogen-bond acceptors (Lipinski definition) is 6. The predicted molar refractivity (Wildman–Crippen MR) is 95.6 cm³/mol. The minimum atomic E-state index is 0.0151. The number of rotatable bonds is 4. The molecule has 8 heteroatoms. The van der Waals surface area contributed by atoms with Crippen LogP contribution in [0.15, 0.2) is 22.8 Å². The highest BCUT2D eigenvalue weighted by Gasteiger charge is 2.28. The summed E-state index contributed by atoms with van der Waals surface area (Å²) in [6.45, 7) is 5.73.